The minimum Gasteiger partial charge on any atom is -0.382 e. The smallest absolute Gasteiger partial charge is 0.0701 e. The molecule has 0 atom stereocenters. The number of ether oxygens (including phenoxy) is 3. The first-order valence-corrected chi connectivity index (χ1v) is 8.02. The van der Waals surface area contributed by atoms with Crippen LogP contribution in [-0.2, 0) is 14.2 Å². The van der Waals surface area contributed by atoms with Crippen LogP contribution in [0.25, 0.3) is 0 Å². The fourth-order valence-electron chi connectivity index (χ4n) is 1.87. The highest BCUT2D eigenvalue weighted by Crippen LogP contribution is 2.21. The van der Waals surface area contributed by atoms with E-state index in [2.05, 4.69) is 17.1 Å². The average Bonchev–Trinajstić information content (AvgIpc) is 2.42. The van der Waals surface area contributed by atoms with Gasteiger partial charge in [-0.3, -0.25) is 0 Å². The molecule has 0 aliphatic carbocycles. The molecule has 18 heavy (non-hydrogen) atoms. The lowest BCUT2D eigenvalue weighted by Crippen LogP contribution is -2.28. The topological polar surface area (TPSA) is 39.7 Å². The van der Waals surface area contributed by atoms with Crippen LogP contribution >= 0.6 is 11.8 Å². The van der Waals surface area contributed by atoms with E-state index < -0.39 is 0 Å². The van der Waals surface area contributed by atoms with Crippen molar-refractivity contribution in [1.82, 2.24) is 5.32 Å². The largest absolute Gasteiger partial charge is 0.382 e. The van der Waals surface area contributed by atoms with E-state index in [-0.39, 0.29) is 0 Å². The van der Waals surface area contributed by atoms with Crippen LogP contribution in [0.15, 0.2) is 0 Å². The van der Waals surface area contributed by atoms with Gasteiger partial charge in [0, 0.05) is 13.7 Å². The Balaban J connectivity index is 1.73. The van der Waals surface area contributed by atoms with Gasteiger partial charge in [-0.2, -0.15) is 11.8 Å². The van der Waals surface area contributed by atoms with Gasteiger partial charge in [-0.05, 0) is 36.8 Å². The van der Waals surface area contributed by atoms with E-state index in [4.69, 9.17) is 14.2 Å². The molecular formula is C13H27NO3S. The van der Waals surface area contributed by atoms with Crippen LogP contribution in [0.3, 0.4) is 0 Å². The molecule has 1 aliphatic heterocycles. The third-order valence-electron chi connectivity index (χ3n) is 3.00. The minimum atomic E-state index is 0.651. The maximum absolute atomic E-state index is 5.47. The van der Waals surface area contributed by atoms with Crippen molar-refractivity contribution in [3.8, 4) is 0 Å². The summed E-state index contributed by atoms with van der Waals surface area (Å²) in [6.07, 6.45) is 2.73. The number of methoxy groups -OCH3 is 1. The summed E-state index contributed by atoms with van der Waals surface area (Å²) in [7, 11) is 1.68. The maximum atomic E-state index is 5.47. The number of hydrogen-bond donors (Lipinski definition) is 1. The molecule has 5 heteroatoms. The van der Waals surface area contributed by atoms with Crippen LogP contribution in [-0.4, -0.2) is 64.7 Å². The summed E-state index contributed by atoms with van der Waals surface area (Å²) in [6.45, 7) is 5.50. The van der Waals surface area contributed by atoms with Gasteiger partial charge in [0.2, 0.25) is 0 Å². The SMILES string of the molecule is COCCOCCOCCNCC1CCSCC1. The third kappa shape index (κ3) is 9.16. The van der Waals surface area contributed by atoms with Gasteiger partial charge in [-0.15, -0.1) is 0 Å². The predicted molar refractivity (Wildman–Crippen MR) is 76.4 cm³/mol. The zero-order valence-electron chi connectivity index (χ0n) is 11.5. The van der Waals surface area contributed by atoms with Crippen molar-refractivity contribution in [2.45, 2.75) is 12.8 Å². The lowest BCUT2D eigenvalue weighted by atomic mass is 10.0. The lowest BCUT2D eigenvalue weighted by molar-refractivity contribution is 0.0255. The Morgan fingerprint density at radius 3 is 2.39 bits per heavy atom. The third-order valence-corrected chi connectivity index (χ3v) is 4.05. The maximum Gasteiger partial charge on any atom is 0.0701 e. The Labute approximate surface area is 115 Å². The summed E-state index contributed by atoms with van der Waals surface area (Å²) in [4.78, 5) is 0. The first-order valence-electron chi connectivity index (χ1n) is 6.86. The van der Waals surface area contributed by atoms with Crippen LogP contribution in [0, 0.1) is 5.92 Å². The van der Waals surface area contributed by atoms with E-state index >= 15 is 0 Å². The van der Waals surface area contributed by atoms with E-state index in [1.165, 1.54) is 24.3 Å². The van der Waals surface area contributed by atoms with Crippen LogP contribution in [0.4, 0.5) is 0 Å². The Bertz CT molecular complexity index is 178. The summed E-state index contributed by atoms with van der Waals surface area (Å²) in [5, 5.41) is 3.47. The van der Waals surface area contributed by atoms with Crippen molar-refractivity contribution in [3.05, 3.63) is 0 Å². The van der Waals surface area contributed by atoms with E-state index in [9.17, 15) is 0 Å². The van der Waals surface area contributed by atoms with Gasteiger partial charge in [0.15, 0.2) is 0 Å². The molecule has 1 N–H and O–H groups in total. The molecule has 0 aromatic rings. The Kier molecular flexibility index (Phi) is 11.0. The van der Waals surface area contributed by atoms with Crippen LogP contribution in [0.1, 0.15) is 12.8 Å². The van der Waals surface area contributed by atoms with Gasteiger partial charge < -0.3 is 19.5 Å². The quantitative estimate of drug-likeness (QED) is 0.578. The molecule has 0 unspecified atom stereocenters. The summed E-state index contributed by atoms with van der Waals surface area (Å²) >= 11 is 2.08. The fraction of sp³-hybridized carbons (Fsp3) is 1.00. The number of nitrogens with one attached hydrogen (secondary N) is 1. The standard InChI is InChI=1S/C13H27NO3S/c1-15-6-7-17-9-8-16-5-4-14-12-13-2-10-18-11-3-13/h13-14H,2-12H2,1H3. The molecule has 1 fully saturated rings. The van der Waals surface area contributed by atoms with Crippen LogP contribution in [0.5, 0.6) is 0 Å². The highest BCUT2D eigenvalue weighted by Gasteiger charge is 2.12. The molecule has 108 valence electrons. The van der Waals surface area contributed by atoms with Crippen LogP contribution < -0.4 is 5.32 Å². The molecule has 0 bridgehead atoms. The fourth-order valence-corrected chi connectivity index (χ4v) is 3.07. The van der Waals surface area contributed by atoms with Gasteiger partial charge in [0.05, 0.1) is 33.0 Å². The van der Waals surface area contributed by atoms with E-state index in [1.54, 1.807) is 7.11 Å². The monoisotopic (exact) mass is 277 g/mol. The molecule has 0 spiro atoms. The number of hydrogen-bond acceptors (Lipinski definition) is 5. The second-order valence-corrected chi connectivity index (χ2v) is 5.70. The molecular weight excluding hydrogens is 250 g/mol. The highest BCUT2D eigenvalue weighted by molar-refractivity contribution is 7.99. The van der Waals surface area contributed by atoms with Crippen molar-refractivity contribution < 1.29 is 14.2 Å². The second kappa shape index (κ2) is 12.2. The predicted octanol–water partition coefficient (Wildman–Crippen LogP) is 1.40. The van der Waals surface area contributed by atoms with Crippen molar-refractivity contribution in [1.29, 1.82) is 0 Å². The van der Waals surface area contributed by atoms with Gasteiger partial charge in [0.25, 0.3) is 0 Å². The van der Waals surface area contributed by atoms with E-state index in [0.29, 0.717) is 26.4 Å². The van der Waals surface area contributed by atoms with Gasteiger partial charge in [-0.25, -0.2) is 0 Å². The first-order chi connectivity index (χ1) is 8.93. The Hall–Kier alpha value is 0.190. The molecule has 1 saturated heterocycles. The number of rotatable bonds is 11. The normalized spacial score (nSPS) is 17.2. The molecule has 4 nitrogen and oxygen atoms in total. The van der Waals surface area contributed by atoms with Crippen molar-refractivity contribution in [2.75, 3.05) is 64.7 Å². The molecule has 1 heterocycles. The van der Waals surface area contributed by atoms with Crippen molar-refractivity contribution >= 4 is 11.8 Å². The number of thioether (sulfide) groups is 1. The molecule has 1 rings (SSSR count). The minimum absolute atomic E-state index is 0.651. The van der Waals surface area contributed by atoms with Gasteiger partial charge >= 0.3 is 0 Å². The first kappa shape index (κ1) is 16.2. The molecule has 0 aromatic carbocycles. The summed E-state index contributed by atoms with van der Waals surface area (Å²) in [6, 6.07) is 0. The zero-order valence-corrected chi connectivity index (χ0v) is 12.3. The molecule has 0 aromatic heterocycles. The van der Waals surface area contributed by atoms with Gasteiger partial charge in [0.1, 0.15) is 0 Å². The van der Waals surface area contributed by atoms with E-state index in [1.807, 2.05) is 0 Å². The van der Waals surface area contributed by atoms with Crippen molar-refractivity contribution in [2.24, 2.45) is 5.92 Å². The molecule has 0 saturated carbocycles. The molecule has 1 aliphatic rings. The Morgan fingerprint density at radius 2 is 1.67 bits per heavy atom. The van der Waals surface area contributed by atoms with Crippen molar-refractivity contribution in [3.63, 3.8) is 0 Å². The highest BCUT2D eigenvalue weighted by atomic mass is 32.2. The van der Waals surface area contributed by atoms with Gasteiger partial charge in [-0.1, -0.05) is 0 Å². The summed E-state index contributed by atoms with van der Waals surface area (Å²) in [5.41, 5.74) is 0. The average molecular weight is 277 g/mol. The Morgan fingerprint density at radius 1 is 1.00 bits per heavy atom. The summed E-state index contributed by atoms with van der Waals surface area (Å²) in [5.74, 6) is 3.55. The van der Waals surface area contributed by atoms with Crippen LogP contribution in [0.2, 0.25) is 0 Å². The lowest BCUT2D eigenvalue weighted by Gasteiger charge is -2.21. The molecule has 0 radical (unpaired) electrons. The second-order valence-electron chi connectivity index (χ2n) is 4.48. The van der Waals surface area contributed by atoms with E-state index in [0.717, 1.165) is 25.6 Å². The molecule has 0 amide bonds. The summed E-state index contributed by atoms with van der Waals surface area (Å²) < 4.78 is 15.7. The zero-order chi connectivity index (χ0) is 12.9.